The topological polar surface area (TPSA) is 74.5 Å². The van der Waals surface area contributed by atoms with Crippen LogP contribution in [0.3, 0.4) is 0 Å². The van der Waals surface area contributed by atoms with Crippen molar-refractivity contribution in [2.75, 3.05) is 19.0 Å². The molecule has 0 saturated carbocycles. The van der Waals surface area contributed by atoms with Crippen LogP contribution in [0.2, 0.25) is 0 Å². The van der Waals surface area contributed by atoms with Crippen LogP contribution in [0.4, 0.5) is 5.69 Å². The highest BCUT2D eigenvalue weighted by molar-refractivity contribution is 5.93. The molecule has 3 heterocycles. The molecule has 1 N–H and O–H groups in total. The van der Waals surface area contributed by atoms with Gasteiger partial charge in [-0.25, -0.2) is 0 Å². The number of aromatic nitrogens is 3. The van der Waals surface area contributed by atoms with E-state index in [2.05, 4.69) is 34.3 Å². The maximum Gasteiger partial charge on any atom is 0.257 e. The minimum atomic E-state index is -0.425. The van der Waals surface area contributed by atoms with Crippen LogP contribution < -0.4 is 4.90 Å². The molecule has 1 aliphatic heterocycles. The van der Waals surface area contributed by atoms with Gasteiger partial charge in [-0.1, -0.05) is 6.07 Å². The number of amides is 1. The Bertz CT molecular complexity index is 1050. The monoisotopic (exact) mass is 391 g/mol. The summed E-state index contributed by atoms with van der Waals surface area (Å²) in [5.41, 5.74) is 5.93. The normalized spacial score (nSPS) is 15.9. The second kappa shape index (κ2) is 7.67. The molecule has 0 bridgehead atoms. The first-order valence-electron chi connectivity index (χ1n) is 9.64. The highest BCUT2D eigenvalue weighted by Gasteiger charge is 2.21. The van der Waals surface area contributed by atoms with Gasteiger partial charge in [-0.15, -0.1) is 0 Å². The van der Waals surface area contributed by atoms with Gasteiger partial charge in [-0.2, -0.15) is 5.10 Å². The molecule has 2 aromatic heterocycles. The number of carbonyl (C=O) groups is 1. The molecule has 0 radical (unpaired) electrons. The summed E-state index contributed by atoms with van der Waals surface area (Å²) in [7, 11) is 5.49. The number of hydrogen-bond acceptors (Lipinski definition) is 5. The fourth-order valence-electron chi connectivity index (χ4n) is 3.78. The number of benzene rings is 1. The summed E-state index contributed by atoms with van der Waals surface area (Å²) in [6, 6.07) is 8.35. The van der Waals surface area contributed by atoms with Gasteiger partial charge in [0.25, 0.3) is 5.91 Å². The smallest absolute Gasteiger partial charge is 0.257 e. The van der Waals surface area contributed by atoms with Gasteiger partial charge in [0.2, 0.25) is 0 Å². The summed E-state index contributed by atoms with van der Waals surface area (Å²) < 4.78 is 1.62. The van der Waals surface area contributed by atoms with Crippen LogP contribution in [-0.4, -0.2) is 51.0 Å². The molecule has 0 fully saturated rings. The highest BCUT2D eigenvalue weighted by Crippen LogP contribution is 2.32. The molecule has 7 heteroatoms. The van der Waals surface area contributed by atoms with E-state index in [9.17, 15) is 9.90 Å². The average molecular weight is 391 g/mol. The third-order valence-corrected chi connectivity index (χ3v) is 5.42. The predicted molar refractivity (Wildman–Crippen MR) is 111 cm³/mol. The molecular formula is C22H25N5O2. The Labute approximate surface area is 170 Å². The number of aliphatic hydroxyl groups is 1. The Morgan fingerprint density at radius 2 is 2.03 bits per heavy atom. The zero-order chi connectivity index (χ0) is 20.5. The molecule has 150 valence electrons. The van der Waals surface area contributed by atoms with Crippen molar-refractivity contribution in [2.45, 2.75) is 25.6 Å². The van der Waals surface area contributed by atoms with E-state index in [0.717, 1.165) is 35.2 Å². The molecule has 1 amide bonds. The van der Waals surface area contributed by atoms with E-state index in [4.69, 9.17) is 0 Å². The number of hydrogen-bond donors (Lipinski definition) is 1. The Hall–Kier alpha value is -3.19. The Kier molecular flexibility index (Phi) is 5.07. The third-order valence-electron chi connectivity index (χ3n) is 5.42. The third kappa shape index (κ3) is 3.86. The van der Waals surface area contributed by atoms with Crippen molar-refractivity contribution in [3.8, 4) is 11.1 Å². The number of aliphatic hydroxyl groups excluding tert-OH is 1. The Balaban J connectivity index is 1.54. The van der Waals surface area contributed by atoms with E-state index in [1.807, 2.05) is 18.1 Å². The molecule has 7 nitrogen and oxygen atoms in total. The van der Waals surface area contributed by atoms with E-state index in [0.29, 0.717) is 12.1 Å². The lowest BCUT2D eigenvalue weighted by atomic mass is 9.96. The second-order valence-electron chi connectivity index (χ2n) is 7.62. The minimum Gasteiger partial charge on any atom is -0.374 e. The summed E-state index contributed by atoms with van der Waals surface area (Å²) >= 11 is 0. The van der Waals surface area contributed by atoms with E-state index in [1.165, 1.54) is 5.56 Å². The number of carbonyl (C=O) groups excluding carboxylic acids is 1. The number of rotatable bonds is 4. The van der Waals surface area contributed by atoms with Crippen LogP contribution in [0.25, 0.3) is 11.1 Å². The Morgan fingerprint density at radius 1 is 1.21 bits per heavy atom. The lowest BCUT2D eigenvalue weighted by molar-refractivity contribution is 0.0785. The number of pyridine rings is 1. The number of anilines is 1. The van der Waals surface area contributed by atoms with Crippen molar-refractivity contribution in [3.63, 3.8) is 0 Å². The molecule has 0 spiro atoms. The predicted octanol–water partition coefficient (Wildman–Crippen LogP) is 2.46. The fraction of sp³-hybridized carbons (Fsp3) is 0.318. The van der Waals surface area contributed by atoms with Gasteiger partial charge in [-0.3, -0.25) is 14.5 Å². The van der Waals surface area contributed by atoms with Crippen molar-refractivity contribution < 1.29 is 9.90 Å². The zero-order valence-electron chi connectivity index (χ0n) is 16.9. The van der Waals surface area contributed by atoms with Gasteiger partial charge in [-0.05, 0) is 47.7 Å². The first-order chi connectivity index (χ1) is 13.9. The van der Waals surface area contributed by atoms with Crippen LogP contribution in [0.15, 0.2) is 49.1 Å². The lowest BCUT2D eigenvalue weighted by Crippen LogP contribution is -2.35. The van der Waals surface area contributed by atoms with Crippen LogP contribution >= 0.6 is 0 Å². The SMILES string of the molecule is CN(Cc1cncc(-c2ccc3c(c2)CCC(O)N3C)c1)C(=O)c1cnn(C)c1. The average Bonchev–Trinajstić information content (AvgIpc) is 3.16. The molecule has 1 aromatic carbocycles. The van der Waals surface area contributed by atoms with E-state index < -0.39 is 6.23 Å². The summed E-state index contributed by atoms with van der Waals surface area (Å²) in [5, 5.41) is 14.1. The largest absolute Gasteiger partial charge is 0.374 e. The number of fused-ring (bicyclic) bond motifs is 1. The van der Waals surface area contributed by atoms with Gasteiger partial charge in [0, 0.05) is 57.5 Å². The van der Waals surface area contributed by atoms with Crippen molar-refractivity contribution in [1.29, 1.82) is 0 Å². The lowest BCUT2D eigenvalue weighted by Gasteiger charge is -2.32. The first-order valence-corrected chi connectivity index (χ1v) is 9.64. The van der Waals surface area contributed by atoms with Crippen LogP contribution in [0, 0.1) is 0 Å². The molecule has 3 aromatic rings. The molecule has 0 saturated heterocycles. The summed E-state index contributed by atoms with van der Waals surface area (Å²) in [6.45, 7) is 0.467. The molecule has 1 aliphatic rings. The number of aryl methyl sites for hydroxylation is 2. The van der Waals surface area contributed by atoms with Crippen LogP contribution in [0.1, 0.15) is 27.9 Å². The van der Waals surface area contributed by atoms with Gasteiger partial charge < -0.3 is 14.9 Å². The van der Waals surface area contributed by atoms with Crippen molar-refractivity contribution in [3.05, 3.63) is 65.7 Å². The van der Waals surface area contributed by atoms with Gasteiger partial charge in [0.15, 0.2) is 0 Å². The highest BCUT2D eigenvalue weighted by atomic mass is 16.3. The molecule has 1 unspecified atom stereocenters. The molecular weight excluding hydrogens is 366 g/mol. The second-order valence-corrected chi connectivity index (χ2v) is 7.62. The fourth-order valence-corrected chi connectivity index (χ4v) is 3.78. The zero-order valence-corrected chi connectivity index (χ0v) is 16.9. The van der Waals surface area contributed by atoms with Crippen molar-refractivity contribution >= 4 is 11.6 Å². The van der Waals surface area contributed by atoms with Gasteiger partial charge >= 0.3 is 0 Å². The van der Waals surface area contributed by atoms with Gasteiger partial charge in [0.05, 0.1) is 11.8 Å². The van der Waals surface area contributed by atoms with Crippen LogP contribution in [-0.2, 0) is 20.0 Å². The molecule has 1 atom stereocenters. The Morgan fingerprint density at radius 3 is 2.79 bits per heavy atom. The van der Waals surface area contributed by atoms with Crippen LogP contribution in [0.5, 0.6) is 0 Å². The van der Waals surface area contributed by atoms with Gasteiger partial charge in [0.1, 0.15) is 6.23 Å². The molecule has 29 heavy (non-hydrogen) atoms. The quantitative estimate of drug-likeness (QED) is 0.740. The maximum atomic E-state index is 12.6. The summed E-state index contributed by atoms with van der Waals surface area (Å²) in [5.74, 6) is -0.0705. The first kappa shape index (κ1) is 19.1. The summed E-state index contributed by atoms with van der Waals surface area (Å²) in [6.07, 6.45) is 8.08. The van der Waals surface area contributed by atoms with Crippen molar-refractivity contribution in [2.24, 2.45) is 7.05 Å². The number of nitrogens with zero attached hydrogens (tertiary/aromatic N) is 5. The van der Waals surface area contributed by atoms with Crippen molar-refractivity contribution in [1.82, 2.24) is 19.7 Å². The maximum absolute atomic E-state index is 12.6. The summed E-state index contributed by atoms with van der Waals surface area (Å²) in [4.78, 5) is 20.5. The standard InChI is InChI=1S/C22H25N5O2/c1-25(22(29)19-12-24-26(2)14-19)13-15-8-18(11-23-10-15)16-4-6-20-17(9-16)5-7-21(28)27(20)3/h4,6,8-12,14,21,28H,5,7,13H2,1-3H3. The van der Waals surface area contributed by atoms with E-state index in [-0.39, 0.29) is 5.91 Å². The van der Waals surface area contributed by atoms with E-state index >= 15 is 0 Å². The molecule has 4 rings (SSSR count). The minimum absolute atomic E-state index is 0.0705. The van der Waals surface area contributed by atoms with E-state index in [1.54, 1.807) is 42.3 Å². The molecule has 0 aliphatic carbocycles.